The lowest BCUT2D eigenvalue weighted by Gasteiger charge is -2.26. The molecule has 1 aromatic rings. The summed E-state index contributed by atoms with van der Waals surface area (Å²) in [5, 5.41) is 8.93. The van der Waals surface area contributed by atoms with Crippen LogP contribution in [0.3, 0.4) is 0 Å². The van der Waals surface area contributed by atoms with E-state index in [2.05, 4.69) is 0 Å². The van der Waals surface area contributed by atoms with E-state index < -0.39 is 5.97 Å². The molecule has 6 heteroatoms. The zero-order valence-electron chi connectivity index (χ0n) is 11.3. The second kappa shape index (κ2) is 6.38. The van der Waals surface area contributed by atoms with E-state index in [0.29, 0.717) is 37.6 Å². The van der Waals surface area contributed by atoms with Gasteiger partial charge in [-0.2, -0.15) is 0 Å². The molecule has 1 saturated heterocycles. The molecule has 1 heterocycles. The highest BCUT2D eigenvalue weighted by molar-refractivity contribution is 5.89. The summed E-state index contributed by atoms with van der Waals surface area (Å²) < 4.78 is 10.6. The van der Waals surface area contributed by atoms with E-state index in [1.54, 1.807) is 24.0 Å². The number of amides is 1. The molecule has 0 aromatic heterocycles. The van der Waals surface area contributed by atoms with Crippen LogP contribution in [0.4, 0.5) is 0 Å². The van der Waals surface area contributed by atoms with Gasteiger partial charge >= 0.3 is 5.97 Å². The van der Waals surface area contributed by atoms with Crippen molar-refractivity contribution < 1.29 is 24.2 Å². The van der Waals surface area contributed by atoms with E-state index in [9.17, 15) is 9.59 Å². The molecule has 0 spiro atoms. The molecule has 0 bridgehead atoms. The summed E-state index contributed by atoms with van der Waals surface area (Å²) in [5.41, 5.74) is 0.839. The number of hydrogen-bond acceptors (Lipinski definition) is 4. The first-order valence-electron chi connectivity index (χ1n) is 6.40. The van der Waals surface area contributed by atoms with Crippen LogP contribution in [0.2, 0.25) is 0 Å². The first-order valence-corrected chi connectivity index (χ1v) is 6.40. The third kappa shape index (κ3) is 3.48. The zero-order valence-corrected chi connectivity index (χ0v) is 11.3. The second-order valence-electron chi connectivity index (χ2n) is 4.56. The maximum atomic E-state index is 11.9. The molecule has 1 aromatic carbocycles. The Hall–Kier alpha value is -2.08. The third-order valence-electron chi connectivity index (χ3n) is 3.15. The number of rotatable bonds is 4. The van der Waals surface area contributed by atoms with E-state index in [4.69, 9.17) is 14.6 Å². The molecule has 0 atom stereocenters. The number of carboxylic acid groups (broad SMARTS) is 1. The van der Waals surface area contributed by atoms with Crippen LogP contribution < -0.4 is 4.74 Å². The highest BCUT2D eigenvalue weighted by atomic mass is 16.5. The Kier molecular flexibility index (Phi) is 4.57. The van der Waals surface area contributed by atoms with Gasteiger partial charge in [0.1, 0.15) is 5.75 Å². The van der Waals surface area contributed by atoms with Crippen molar-refractivity contribution in [3.8, 4) is 5.75 Å². The third-order valence-corrected chi connectivity index (χ3v) is 3.15. The fourth-order valence-corrected chi connectivity index (χ4v) is 2.02. The minimum atomic E-state index is -0.974. The molecular formula is C14H17NO5. The Balaban J connectivity index is 1.92. The largest absolute Gasteiger partial charge is 0.484 e. The lowest BCUT2D eigenvalue weighted by molar-refractivity contribution is -0.137. The first-order chi connectivity index (χ1) is 9.58. The standard InChI is InChI=1S/C14H17NO5/c1-10-8-11(2-3-12(10)14(17)18)20-9-13(16)15-4-6-19-7-5-15/h2-3,8H,4-7,9H2,1H3,(H,17,18). The van der Waals surface area contributed by atoms with Crippen LogP contribution in [-0.4, -0.2) is 54.8 Å². The number of aromatic carboxylic acids is 1. The van der Waals surface area contributed by atoms with E-state index in [-0.39, 0.29) is 18.1 Å². The number of carboxylic acids is 1. The molecule has 20 heavy (non-hydrogen) atoms. The maximum absolute atomic E-state index is 11.9. The lowest BCUT2D eigenvalue weighted by atomic mass is 10.1. The van der Waals surface area contributed by atoms with E-state index in [0.717, 1.165) is 0 Å². The summed E-state index contributed by atoms with van der Waals surface area (Å²) in [6, 6.07) is 4.66. The fraction of sp³-hybridized carbons (Fsp3) is 0.429. The van der Waals surface area contributed by atoms with Crippen molar-refractivity contribution in [2.75, 3.05) is 32.9 Å². The van der Waals surface area contributed by atoms with Gasteiger partial charge in [0.05, 0.1) is 18.8 Å². The Morgan fingerprint density at radius 3 is 2.65 bits per heavy atom. The van der Waals surface area contributed by atoms with Crippen molar-refractivity contribution in [2.45, 2.75) is 6.92 Å². The molecule has 1 N–H and O–H groups in total. The van der Waals surface area contributed by atoms with Crippen molar-refractivity contribution in [2.24, 2.45) is 0 Å². The van der Waals surface area contributed by atoms with Crippen LogP contribution in [0.25, 0.3) is 0 Å². The van der Waals surface area contributed by atoms with Gasteiger partial charge in [0, 0.05) is 13.1 Å². The molecule has 0 saturated carbocycles. The van der Waals surface area contributed by atoms with Crippen LogP contribution in [0.5, 0.6) is 5.75 Å². The number of carbonyl (C=O) groups excluding carboxylic acids is 1. The summed E-state index contributed by atoms with van der Waals surface area (Å²) >= 11 is 0. The number of aryl methyl sites for hydroxylation is 1. The molecule has 0 unspecified atom stereocenters. The highest BCUT2D eigenvalue weighted by Gasteiger charge is 2.17. The summed E-state index contributed by atoms with van der Waals surface area (Å²) in [5.74, 6) is -0.569. The topological polar surface area (TPSA) is 76.1 Å². The number of hydrogen-bond donors (Lipinski definition) is 1. The molecule has 1 fully saturated rings. The SMILES string of the molecule is Cc1cc(OCC(=O)N2CCOCC2)ccc1C(=O)O. The van der Waals surface area contributed by atoms with Gasteiger partial charge in [0.2, 0.25) is 0 Å². The second-order valence-corrected chi connectivity index (χ2v) is 4.56. The fourth-order valence-electron chi connectivity index (χ4n) is 2.02. The average molecular weight is 279 g/mol. The van der Waals surface area contributed by atoms with Crippen LogP contribution >= 0.6 is 0 Å². The number of ether oxygens (including phenoxy) is 2. The van der Waals surface area contributed by atoms with Crippen molar-refractivity contribution in [3.63, 3.8) is 0 Å². The summed E-state index contributed by atoms with van der Waals surface area (Å²) in [4.78, 5) is 24.5. The van der Waals surface area contributed by atoms with Crippen LogP contribution in [-0.2, 0) is 9.53 Å². The maximum Gasteiger partial charge on any atom is 0.335 e. The molecule has 0 aliphatic carbocycles. The van der Waals surface area contributed by atoms with E-state index >= 15 is 0 Å². The minimum absolute atomic E-state index is 0.0497. The van der Waals surface area contributed by atoms with Crippen LogP contribution in [0.1, 0.15) is 15.9 Å². The lowest BCUT2D eigenvalue weighted by Crippen LogP contribution is -2.42. The molecule has 1 aliphatic heterocycles. The van der Waals surface area contributed by atoms with E-state index in [1.165, 1.54) is 6.07 Å². The van der Waals surface area contributed by atoms with Gasteiger partial charge in [0.15, 0.2) is 6.61 Å². The average Bonchev–Trinajstić information content (AvgIpc) is 2.45. The van der Waals surface area contributed by atoms with Crippen LogP contribution in [0, 0.1) is 6.92 Å². The monoisotopic (exact) mass is 279 g/mol. The minimum Gasteiger partial charge on any atom is -0.484 e. The molecular weight excluding hydrogens is 262 g/mol. The summed E-state index contributed by atoms with van der Waals surface area (Å²) in [6.45, 7) is 3.92. The van der Waals surface area contributed by atoms with Gasteiger partial charge in [-0.1, -0.05) is 0 Å². The smallest absolute Gasteiger partial charge is 0.335 e. The van der Waals surface area contributed by atoms with Crippen molar-refractivity contribution in [1.29, 1.82) is 0 Å². The Labute approximate surface area is 116 Å². The number of nitrogens with zero attached hydrogens (tertiary/aromatic N) is 1. The Morgan fingerprint density at radius 1 is 1.35 bits per heavy atom. The van der Waals surface area contributed by atoms with Gasteiger partial charge < -0.3 is 19.5 Å². The molecule has 0 radical (unpaired) electrons. The van der Waals surface area contributed by atoms with Crippen LogP contribution in [0.15, 0.2) is 18.2 Å². The van der Waals surface area contributed by atoms with Crippen molar-refractivity contribution >= 4 is 11.9 Å². The predicted octanol–water partition coefficient (Wildman–Crippen LogP) is 0.931. The van der Waals surface area contributed by atoms with Crippen molar-refractivity contribution in [3.05, 3.63) is 29.3 Å². The van der Waals surface area contributed by atoms with Gasteiger partial charge in [-0.3, -0.25) is 4.79 Å². The first kappa shape index (κ1) is 14.3. The molecule has 1 aliphatic rings. The predicted molar refractivity (Wildman–Crippen MR) is 71.0 cm³/mol. The van der Waals surface area contributed by atoms with E-state index in [1.807, 2.05) is 0 Å². The summed E-state index contributed by atoms with van der Waals surface area (Å²) in [6.07, 6.45) is 0. The highest BCUT2D eigenvalue weighted by Crippen LogP contribution is 2.17. The summed E-state index contributed by atoms with van der Waals surface area (Å²) in [7, 11) is 0. The molecule has 2 rings (SSSR count). The number of morpholine rings is 1. The Bertz CT molecular complexity index is 508. The van der Waals surface area contributed by atoms with Gasteiger partial charge in [0.25, 0.3) is 5.91 Å². The Morgan fingerprint density at radius 2 is 2.05 bits per heavy atom. The quantitative estimate of drug-likeness (QED) is 0.887. The van der Waals surface area contributed by atoms with Crippen molar-refractivity contribution in [1.82, 2.24) is 4.90 Å². The van der Waals surface area contributed by atoms with Gasteiger partial charge in [-0.25, -0.2) is 4.79 Å². The number of benzene rings is 1. The molecule has 108 valence electrons. The molecule has 1 amide bonds. The van der Waals surface area contributed by atoms with Gasteiger partial charge in [-0.15, -0.1) is 0 Å². The van der Waals surface area contributed by atoms with Gasteiger partial charge in [-0.05, 0) is 30.7 Å². The number of carbonyl (C=O) groups is 2. The normalized spacial score (nSPS) is 14.9. The molecule has 6 nitrogen and oxygen atoms in total. The zero-order chi connectivity index (χ0) is 14.5.